The fourth-order valence-electron chi connectivity index (χ4n) is 2.87. The van der Waals surface area contributed by atoms with E-state index in [-0.39, 0.29) is 5.75 Å². The Bertz CT molecular complexity index is 827. The summed E-state index contributed by atoms with van der Waals surface area (Å²) in [6.07, 6.45) is 3.72. The van der Waals surface area contributed by atoms with Gasteiger partial charge >= 0.3 is 0 Å². The van der Waals surface area contributed by atoms with Crippen LogP contribution in [0.5, 0.6) is 0 Å². The number of anilines is 1. The first-order chi connectivity index (χ1) is 11.0. The molecule has 0 atom stereocenters. The van der Waals surface area contributed by atoms with Crippen molar-refractivity contribution in [2.24, 2.45) is 5.73 Å². The maximum atomic E-state index is 12.4. The molecule has 0 fully saturated rings. The molecular weight excluding hydrogens is 332 g/mol. The summed E-state index contributed by atoms with van der Waals surface area (Å²) in [5, 5.41) is 0.361. The Morgan fingerprint density at radius 3 is 2.57 bits per heavy atom. The molecule has 0 bridgehead atoms. The third kappa shape index (κ3) is 3.56. The Hall–Kier alpha value is -1.86. The zero-order valence-corrected chi connectivity index (χ0v) is 14.2. The van der Waals surface area contributed by atoms with Gasteiger partial charge in [-0.1, -0.05) is 30.3 Å². The van der Waals surface area contributed by atoms with Gasteiger partial charge in [-0.15, -0.1) is 11.3 Å². The summed E-state index contributed by atoms with van der Waals surface area (Å²) in [5.41, 5.74) is 7.45. The zero-order valence-electron chi connectivity index (χ0n) is 12.5. The van der Waals surface area contributed by atoms with Gasteiger partial charge in [-0.05, 0) is 36.8 Å². The zero-order chi connectivity index (χ0) is 16.4. The molecule has 0 saturated carbocycles. The van der Waals surface area contributed by atoms with Crippen LogP contribution >= 0.6 is 11.3 Å². The average Bonchev–Trinajstić information content (AvgIpc) is 2.84. The van der Waals surface area contributed by atoms with E-state index in [1.165, 1.54) is 11.3 Å². The first kappa shape index (κ1) is 16.0. The highest BCUT2D eigenvalue weighted by molar-refractivity contribution is 7.92. The second kappa shape index (κ2) is 6.33. The number of nitrogens with one attached hydrogen (secondary N) is 1. The molecule has 1 aromatic carbocycles. The van der Waals surface area contributed by atoms with Crippen molar-refractivity contribution in [3.05, 3.63) is 51.9 Å². The van der Waals surface area contributed by atoms with Crippen LogP contribution in [0.4, 0.5) is 5.00 Å². The molecule has 0 saturated heterocycles. The van der Waals surface area contributed by atoms with Gasteiger partial charge in [0.05, 0.1) is 11.3 Å². The molecule has 0 spiro atoms. The highest BCUT2D eigenvalue weighted by Crippen LogP contribution is 2.38. The lowest BCUT2D eigenvalue weighted by Gasteiger charge is -2.11. The van der Waals surface area contributed by atoms with Gasteiger partial charge in [-0.2, -0.15) is 0 Å². The summed E-state index contributed by atoms with van der Waals surface area (Å²) >= 11 is 1.34. The predicted octanol–water partition coefficient (Wildman–Crippen LogP) is 2.67. The number of aryl methyl sites for hydroxylation is 1. The Labute approximate surface area is 139 Å². The SMILES string of the molecule is NC(=O)c1c(NS(=O)(=O)Cc2ccccc2)sc2c1CCCC2. The first-order valence-electron chi connectivity index (χ1n) is 7.45. The molecule has 1 aliphatic carbocycles. The number of primary amides is 1. The Morgan fingerprint density at radius 1 is 1.17 bits per heavy atom. The van der Waals surface area contributed by atoms with E-state index in [0.29, 0.717) is 16.1 Å². The van der Waals surface area contributed by atoms with Crippen molar-refractivity contribution in [3.8, 4) is 0 Å². The van der Waals surface area contributed by atoms with Crippen LogP contribution in [-0.2, 0) is 28.6 Å². The van der Waals surface area contributed by atoms with Crippen molar-refractivity contribution in [2.45, 2.75) is 31.4 Å². The molecule has 1 aromatic heterocycles. The summed E-state index contributed by atoms with van der Waals surface area (Å²) in [7, 11) is -3.59. The predicted molar refractivity (Wildman–Crippen MR) is 92.2 cm³/mol. The van der Waals surface area contributed by atoms with Crippen molar-refractivity contribution in [1.29, 1.82) is 0 Å². The van der Waals surface area contributed by atoms with Gasteiger partial charge < -0.3 is 5.73 Å². The second-order valence-corrected chi connectivity index (χ2v) is 8.45. The molecule has 5 nitrogen and oxygen atoms in total. The molecule has 7 heteroatoms. The van der Waals surface area contributed by atoms with E-state index in [1.54, 1.807) is 24.3 Å². The smallest absolute Gasteiger partial charge is 0.252 e. The minimum atomic E-state index is -3.59. The van der Waals surface area contributed by atoms with Crippen molar-refractivity contribution in [1.82, 2.24) is 0 Å². The summed E-state index contributed by atoms with van der Waals surface area (Å²) in [5.74, 6) is -0.698. The average molecular weight is 350 g/mol. The number of rotatable bonds is 5. The summed E-state index contributed by atoms with van der Waals surface area (Å²) in [6, 6.07) is 8.94. The molecule has 1 heterocycles. The Morgan fingerprint density at radius 2 is 1.87 bits per heavy atom. The minimum Gasteiger partial charge on any atom is -0.365 e. The van der Waals surface area contributed by atoms with Crippen LogP contribution in [0.2, 0.25) is 0 Å². The largest absolute Gasteiger partial charge is 0.365 e. The number of fused-ring (bicyclic) bond motifs is 1. The molecule has 23 heavy (non-hydrogen) atoms. The highest BCUT2D eigenvalue weighted by atomic mass is 32.2. The highest BCUT2D eigenvalue weighted by Gasteiger charge is 2.26. The molecule has 1 aliphatic rings. The Balaban J connectivity index is 1.90. The lowest BCUT2D eigenvalue weighted by atomic mass is 9.95. The number of nitrogens with two attached hydrogens (primary N) is 1. The quantitative estimate of drug-likeness (QED) is 0.869. The maximum Gasteiger partial charge on any atom is 0.252 e. The molecular formula is C16H18N2O3S2. The molecule has 3 N–H and O–H groups in total. The van der Waals surface area contributed by atoms with Crippen LogP contribution in [-0.4, -0.2) is 14.3 Å². The van der Waals surface area contributed by atoms with E-state index >= 15 is 0 Å². The second-order valence-electron chi connectivity index (χ2n) is 5.63. The van der Waals surface area contributed by atoms with Gasteiger partial charge in [0, 0.05) is 4.88 Å². The van der Waals surface area contributed by atoms with Crippen LogP contribution in [0.3, 0.4) is 0 Å². The lowest BCUT2D eigenvalue weighted by Crippen LogP contribution is -2.19. The third-order valence-corrected chi connectivity index (χ3v) is 6.43. The van der Waals surface area contributed by atoms with E-state index in [4.69, 9.17) is 5.73 Å². The van der Waals surface area contributed by atoms with Gasteiger partial charge in [-0.25, -0.2) is 8.42 Å². The van der Waals surface area contributed by atoms with Gasteiger partial charge in [0.25, 0.3) is 5.91 Å². The van der Waals surface area contributed by atoms with Gasteiger partial charge in [0.1, 0.15) is 5.00 Å². The molecule has 0 aliphatic heterocycles. The van der Waals surface area contributed by atoms with Gasteiger partial charge in [0.15, 0.2) is 0 Å². The number of hydrogen-bond acceptors (Lipinski definition) is 4. The number of benzene rings is 1. The number of amides is 1. The number of thiophene rings is 1. The third-order valence-electron chi connectivity index (χ3n) is 3.87. The molecule has 2 aromatic rings. The van der Waals surface area contributed by atoms with Crippen molar-refractivity contribution in [2.75, 3.05) is 4.72 Å². The van der Waals surface area contributed by atoms with E-state index < -0.39 is 15.9 Å². The first-order valence-corrected chi connectivity index (χ1v) is 9.92. The maximum absolute atomic E-state index is 12.4. The van der Waals surface area contributed by atoms with Crippen LogP contribution in [0.1, 0.15) is 39.2 Å². The normalized spacial score (nSPS) is 14.3. The van der Waals surface area contributed by atoms with Crippen molar-refractivity contribution in [3.63, 3.8) is 0 Å². The summed E-state index contributed by atoms with van der Waals surface area (Å²) in [4.78, 5) is 12.9. The van der Waals surface area contributed by atoms with Crippen molar-refractivity contribution < 1.29 is 13.2 Å². The number of carbonyl (C=O) groups is 1. The van der Waals surface area contributed by atoms with Crippen LogP contribution in [0, 0.1) is 0 Å². The minimum absolute atomic E-state index is 0.130. The topological polar surface area (TPSA) is 89.3 Å². The summed E-state index contributed by atoms with van der Waals surface area (Å²) < 4.78 is 27.4. The Kier molecular flexibility index (Phi) is 4.41. The van der Waals surface area contributed by atoms with E-state index in [0.717, 1.165) is 36.1 Å². The number of carbonyl (C=O) groups excluding carboxylic acids is 1. The monoisotopic (exact) mass is 350 g/mol. The molecule has 122 valence electrons. The van der Waals surface area contributed by atoms with E-state index in [2.05, 4.69) is 4.72 Å². The standard InChI is InChI=1S/C16H18N2O3S2/c17-15(19)14-12-8-4-5-9-13(12)22-16(14)18-23(20,21)10-11-6-2-1-3-7-11/h1-3,6-7,18H,4-5,8-10H2,(H2,17,19). The van der Waals surface area contributed by atoms with Gasteiger partial charge in [-0.3, -0.25) is 9.52 Å². The van der Waals surface area contributed by atoms with Crippen LogP contribution in [0.25, 0.3) is 0 Å². The molecule has 1 amide bonds. The fourth-order valence-corrected chi connectivity index (χ4v) is 5.65. The number of hydrogen-bond donors (Lipinski definition) is 2. The van der Waals surface area contributed by atoms with Gasteiger partial charge in [0.2, 0.25) is 10.0 Å². The van der Waals surface area contributed by atoms with E-state index in [1.807, 2.05) is 6.07 Å². The molecule has 0 radical (unpaired) electrons. The summed E-state index contributed by atoms with van der Waals surface area (Å²) in [6.45, 7) is 0. The van der Waals surface area contributed by atoms with E-state index in [9.17, 15) is 13.2 Å². The molecule has 0 unspecified atom stereocenters. The lowest BCUT2D eigenvalue weighted by molar-refractivity contribution is 0.100. The van der Waals surface area contributed by atoms with Crippen LogP contribution < -0.4 is 10.5 Å². The van der Waals surface area contributed by atoms with Crippen LogP contribution in [0.15, 0.2) is 30.3 Å². The molecule has 3 rings (SSSR count). The fraction of sp³-hybridized carbons (Fsp3) is 0.312. The number of sulfonamides is 1. The van der Waals surface area contributed by atoms with Crippen molar-refractivity contribution >= 4 is 32.3 Å².